The summed E-state index contributed by atoms with van der Waals surface area (Å²) in [6.45, 7) is 0.812. The molecule has 0 spiro atoms. The predicted molar refractivity (Wildman–Crippen MR) is 67.9 cm³/mol. The number of nitrogens with zero attached hydrogens (tertiary/aromatic N) is 3. The Kier molecular flexibility index (Phi) is 2.70. The van der Waals surface area contributed by atoms with Crippen molar-refractivity contribution in [3.63, 3.8) is 0 Å². The molecule has 2 amide bonds. The summed E-state index contributed by atoms with van der Waals surface area (Å²) in [5, 5.41) is 0. The van der Waals surface area contributed by atoms with E-state index in [0.717, 1.165) is 11.3 Å². The largest absolute Gasteiger partial charge is 0.369 e. The maximum atomic E-state index is 11.8. The van der Waals surface area contributed by atoms with Gasteiger partial charge in [-0.05, 0) is 12.1 Å². The lowest BCUT2D eigenvalue weighted by Gasteiger charge is -2.13. The fraction of sp³-hybridized carbons (Fsp3) is 0.308. The van der Waals surface area contributed by atoms with Gasteiger partial charge in [0.1, 0.15) is 5.65 Å². The summed E-state index contributed by atoms with van der Waals surface area (Å²) >= 11 is 0. The first kappa shape index (κ1) is 11.7. The monoisotopic (exact) mass is 258 g/mol. The van der Waals surface area contributed by atoms with E-state index in [-0.39, 0.29) is 18.2 Å². The Labute approximate surface area is 109 Å². The summed E-state index contributed by atoms with van der Waals surface area (Å²) in [5.74, 6) is -0.823. The van der Waals surface area contributed by atoms with Crippen LogP contribution in [0.25, 0.3) is 5.65 Å². The van der Waals surface area contributed by atoms with Gasteiger partial charge in [-0.15, -0.1) is 0 Å². The maximum Gasteiger partial charge on any atom is 0.223 e. The van der Waals surface area contributed by atoms with Gasteiger partial charge in [0.15, 0.2) is 0 Å². The van der Waals surface area contributed by atoms with Crippen LogP contribution < -0.4 is 5.73 Å². The van der Waals surface area contributed by atoms with Crippen LogP contribution in [-0.4, -0.2) is 32.6 Å². The van der Waals surface area contributed by atoms with E-state index < -0.39 is 5.91 Å². The number of carbonyl (C=O) groups is 2. The number of primary amides is 1. The van der Waals surface area contributed by atoms with E-state index in [1.807, 2.05) is 35.0 Å². The van der Waals surface area contributed by atoms with Gasteiger partial charge in [-0.1, -0.05) is 6.07 Å². The van der Waals surface area contributed by atoms with Gasteiger partial charge in [-0.25, -0.2) is 4.98 Å². The van der Waals surface area contributed by atoms with E-state index in [1.165, 1.54) is 0 Å². The topological polar surface area (TPSA) is 80.7 Å². The highest BCUT2D eigenvalue weighted by molar-refractivity contribution is 5.88. The smallest absolute Gasteiger partial charge is 0.223 e. The van der Waals surface area contributed by atoms with Crippen LogP contribution in [0.1, 0.15) is 12.1 Å². The number of pyridine rings is 1. The third-order valence-electron chi connectivity index (χ3n) is 3.38. The van der Waals surface area contributed by atoms with E-state index in [2.05, 4.69) is 4.98 Å². The Morgan fingerprint density at radius 2 is 2.32 bits per heavy atom. The second-order valence-electron chi connectivity index (χ2n) is 4.78. The minimum atomic E-state index is -0.411. The van der Waals surface area contributed by atoms with Crippen LogP contribution in [0.3, 0.4) is 0 Å². The molecule has 1 saturated heterocycles. The minimum Gasteiger partial charge on any atom is -0.369 e. The standard InChI is InChI=1S/C13H14N4O2/c14-13(19)9-5-12(18)17(6-9)8-10-7-16-4-2-1-3-11(16)15-10/h1-4,7,9H,5-6,8H2,(H2,14,19). The average Bonchev–Trinajstić information content (AvgIpc) is 2.93. The second kappa shape index (κ2) is 4.38. The molecule has 2 aromatic heterocycles. The Bertz CT molecular complexity index is 616. The van der Waals surface area contributed by atoms with Gasteiger partial charge in [0, 0.05) is 25.4 Å². The first-order valence-electron chi connectivity index (χ1n) is 6.13. The number of imidazole rings is 1. The quantitative estimate of drug-likeness (QED) is 0.852. The summed E-state index contributed by atoms with van der Waals surface area (Å²) in [4.78, 5) is 29.0. The molecule has 6 heteroatoms. The molecule has 1 aliphatic heterocycles. The third-order valence-corrected chi connectivity index (χ3v) is 3.38. The third kappa shape index (κ3) is 2.16. The number of amides is 2. The number of hydrogen-bond acceptors (Lipinski definition) is 3. The first-order valence-corrected chi connectivity index (χ1v) is 6.13. The van der Waals surface area contributed by atoms with E-state index in [0.29, 0.717) is 13.1 Å². The van der Waals surface area contributed by atoms with Crippen molar-refractivity contribution in [3.05, 3.63) is 36.3 Å². The van der Waals surface area contributed by atoms with Gasteiger partial charge in [0.05, 0.1) is 18.2 Å². The molecule has 3 heterocycles. The highest BCUT2D eigenvalue weighted by Gasteiger charge is 2.33. The molecule has 2 N–H and O–H groups in total. The van der Waals surface area contributed by atoms with E-state index in [9.17, 15) is 9.59 Å². The molecule has 0 bridgehead atoms. The van der Waals surface area contributed by atoms with Crippen LogP contribution in [0, 0.1) is 5.92 Å². The summed E-state index contributed by atoms with van der Waals surface area (Å²) in [7, 11) is 0. The molecule has 0 radical (unpaired) electrons. The SMILES string of the molecule is NC(=O)C1CC(=O)N(Cc2cn3ccccc3n2)C1. The molecule has 6 nitrogen and oxygen atoms in total. The summed E-state index contributed by atoms with van der Waals surface area (Å²) in [6.07, 6.45) is 4.01. The zero-order chi connectivity index (χ0) is 13.4. The molecule has 1 fully saturated rings. The van der Waals surface area contributed by atoms with Crippen molar-refractivity contribution >= 4 is 17.5 Å². The van der Waals surface area contributed by atoms with Crippen molar-refractivity contribution in [2.24, 2.45) is 11.7 Å². The van der Waals surface area contributed by atoms with Crippen molar-refractivity contribution in [1.82, 2.24) is 14.3 Å². The molecule has 19 heavy (non-hydrogen) atoms. The summed E-state index contributed by atoms with van der Waals surface area (Å²) in [6, 6.07) is 5.74. The zero-order valence-corrected chi connectivity index (χ0v) is 10.3. The van der Waals surface area contributed by atoms with Gasteiger partial charge in [-0.3, -0.25) is 9.59 Å². The lowest BCUT2D eigenvalue weighted by Crippen LogP contribution is -2.28. The fourth-order valence-corrected chi connectivity index (χ4v) is 2.37. The summed E-state index contributed by atoms with van der Waals surface area (Å²) in [5.41, 5.74) is 6.89. The van der Waals surface area contributed by atoms with Crippen LogP contribution >= 0.6 is 0 Å². The lowest BCUT2D eigenvalue weighted by molar-refractivity contribution is -0.128. The van der Waals surface area contributed by atoms with Crippen LogP contribution in [0.5, 0.6) is 0 Å². The molecular formula is C13H14N4O2. The van der Waals surface area contributed by atoms with Gasteiger partial charge in [0.2, 0.25) is 11.8 Å². The van der Waals surface area contributed by atoms with Crippen LogP contribution in [0.4, 0.5) is 0 Å². The van der Waals surface area contributed by atoms with Gasteiger partial charge >= 0.3 is 0 Å². The molecule has 3 rings (SSSR count). The van der Waals surface area contributed by atoms with Crippen molar-refractivity contribution in [2.45, 2.75) is 13.0 Å². The summed E-state index contributed by atoms with van der Waals surface area (Å²) < 4.78 is 1.90. The zero-order valence-electron chi connectivity index (χ0n) is 10.3. The minimum absolute atomic E-state index is 0.0409. The number of likely N-dealkylation sites (tertiary alicyclic amines) is 1. The van der Waals surface area contributed by atoms with Gasteiger partial charge in [0.25, 0.3) is 0 Å². The lowest BCUT2D eigenvalue weighted by atomic mass is 10.1. The Balaban J connectivity index is 1.78. The van der Waals surface area contributed by atoms with Crippen LogP contribution in [-0.2, 0) is 16.1 Å². The Morgan fingerprint density at radius 1 is 1.47 bits per heavy atom. The van der Waals surface area contributed by atoms with E-state index in [4.69, 9.17) is 5.73 Å². The highest BCUT2D eigenvalue weighted by Crippen LogP contribution is 2.19. The van der Waals surface area contributed by atoms with Crippen molar-refractivity contribution < 1.29 is 9.59 Å². The van der Waals surface area contributed by atoms with Crippen molar-refractivity contribution in [3.8, 4) is 0 Å². The molecule has 1 unspecified atom stereocenters. The first-order chi connectivity index (χ1) is 9.13. The van der Waals surface area contributed by atoms with E-state index in [1.54, 1.807) is 4.90 Å². The van der Waals surface area contributed by atoms with Crippen molar-refractivity contribution in [1.29, 1.82) is 0 Å². The molecule has 1 atom stereocenters. The molecular weight excluding hydrogens is 244 g/mol. The predicted octanol–water partition coefficient (Wildman–Crippen LogP) is 0.168. The van der Waals surface area contributed by atoms with Gasteiger partial charge in [-0.2, -0.15) is 0 Å². The number of nitrogens with two attached hydrogens (primary N) is 1. The number of carbonyl (C=O) groups excluding carboxylic acids is 2. The normalized spacial score (nSPS) is 19.3. The number of hydrogen-bond donors (Lipinski definition) is 1. The fourth-order valence-electron chi connectivity index (χ4n) is 2.37. The van der Waals surface area contributed by atoms with E-state index >= 15 is 0 Å². The second-order valence-corrected chi connectivity index (χ2v) is 4.78. The molecule has 0 aromatic carbocycles. The van der Waals surface area contributed by atoms with Crippen LogP contribution in [0.15, 0.2) is 30.6 Å². The Morgan fingerprint density at radius 3 is 3.00 bits per heavy atom. The number of rotatable bonds is 3. The maximum absolute atomic E-state index is 11.8. The van der Waals surface area contributed by atoms with Crippen LogP contribution in [0.2, 0.25) is 0 Å². The Hall–Kier alpha value is -2.37. The molecule has 0 saturated carbocycles. The van der Waals surface area contributed by atoms with Gasteiger partial charge < -0.3 is 15.0 Å². The number of fused-ring (bicyclic) bond motifs is 1. The molecule has 1 aliphatic rings. The van der Waals surface area contributed by atoms with Crippen molar-refractivity contribution in [2.75, 3.05) is 6.54 Å². The highest BCUT2D eigenvalue weighted by atomic mass is 16.2. The number of aromatic nitrogens is 2. The molecule has 0 aliphatic carbocycles. The average molecular weight is 258 g/mol. The molecule has 2 aromatic rings. The molecule has 98 valence electrons.